The normalized spacial score (nSPS) is 13.5. The number of nitrogens with one attached hydrogen (secondary N) is 2. The van der Waals surface area contributed by atoms with Crippen molar-refractivity contribution < 1.29 is 13.2 Å². The lowest BCUT2D eigenvalue weighted by Gasteiger charge is -2.26. The molecule has 0 bridgehead atoms. The summed E-state index contributed by atoms with van der Waals surface area (Å²) < 4.78 is 29.1. The van der Waals surface area contributed by atoms with Gasteiger partial charge in [-0.15, -0.1) is 24.0 Å². The summed E-state index contributed by atoms with van der Waals surface area (Å²) in [6, 6.07) is 6.25. The Hall–Kier alpha value is -1.03. The summed E-state index contributed by atoms with van der Waals surface area (Å²) in [4.78, 5) is 4.30. The average molecular weight is 568 g/mol. The van der Waals surface area contributed by atoms with Crippen LogP contribution in [0.25, 0.3) is 0 Å². The Balaban J connectivity index is 0.00000900. The lowest BCUT2D eigenvalue weighted by Crippen LogP contribution is -2.42. The average Bonchev–Trinajstić information content (AvgIpc) is 2.60. The topological polar surface area (TPSA) is 79.8 Å². The lowest BCUT2D eigenvalue weighted by atomic mass is 9.90. The van der Waals surface area contributed by atoms with Crippen LogP contribution in [0.4, 0.5) is 0 Å². The summed E-state index contributed by atoms with van der Waals surface area (Å²) >= 11 is 0. The summed E-state index contributed by atoms with van der Waals surface area (Å²) in [5.74, 6) is 2.36. The van der Waals surface area contributed by atoms with Crippen LogP contribution < -0.4 is 15.4 Å². The van der Waals surface area contributed by atoms with E-state index in [9.17, 15) is 8.42 Å². The van der Waals surface area contributed by atoms with E-state index in [1.807, 2.05) is 0 Å². The first-order valence-electron chi connectivity index (χ1n) is 10.7. The van der Waals surface area contributed by atoms with Crippen molar-refractivity contribution in [2.24, 2.45) is 16.3 Å². The maximum Gasteiger partial charge on any atom is 0.191 e. The van der Waals surface area contributed by atoms with Crippen LogP contribution in [0.1, 0.15) is 58.6 Å². The number of ether oxygens (including phenoxy) is 1. The van der Waals surface area contributed by atoms with Crippen molar-refractivity contribution in [3.8, 4) is 5.75 Å². The van der Waals surface area contributed by atoms with Gasteiger partial charge in [0.1, 0.15) is 15.6 Å². The minimum atomic E-state index is -2.96. The maximum atomic E-state index is 11.5. The molecule has 0 aliphatic carbocycles. The van der Waals surface area contributed by atoms with E-state index in [1.165, 1.54) is 11.8 Å². The van der Waals surface area contributed by atoms with Crippen LogP contribution in [-0.4, -0.2) is 46.1 Å². The highest BCUT2D eigenvalue weighted by atomic mass is 127. The molecule has 0 heterocycles. The molecule has 0 aliphatic rings. The van der Waals surface area contributed by atoms with Gasteiger partial charge in [0.2, 0.25) is 0 Å². The van der Waals surface area contributed by atoms with Crippen LogP contribution >= 0.6 is 24.0 Å². The predicted octanol–water partition coefficient (Wildman–Crippen LogP) is 4.55. The molecule has 0 fully saturated rings. The van der Waals surface area contributed by atoms with Gasteiger partial charge in [0.25, 0.3) is 0 Å². The maximum absolute atomic E-state index is 11.5. The Labute approximate surface area is 207 Å². The van der Waals surface area contributed by atoms with Crippen LogP contribution in [-0.2, 0) is 16.4 Å². The smallest absolute Gasteiger partial charge is 0.191 e. The molecule has 1 aromatic carbocycles. The van der Waals surface area contributed by atoms with Crippen LogP contribution in [0, 0.1) is 18.3 Å². The van der Waals surface area contributed by atoms with E-state index < -0.39 is 9.84 Å². The molecule has 1 unspecified atom stereocenters. The molecule has 6 nitrogen and oxygen atoms in total. The largest absolute Gasteiger partial charge is 0.490 e. The second-order valence-electron chi connectivity index (χ2n) is 9.49. The second-order valence-corrected chi connectivity index (χ2v) is 11.8. The molecule has 1 rings (SSSR count). The van der Waals surface area contributed by atoms with E-state index in [0.29, 0.717) is 31.4 Å². The van der Waals surface area contributed by atoms with Gasteiger partial charge in [-0.2, -0.15) is 0 Å². The van der Waals surface area contributed by atoms with Crippen LogP contribution in [0.5, 0.6) is 5.75 Å². The molecule has 0 aromatic heterocycles. The van der Waals surface area contributed by atoms with Gasteiger partial charge < -0.3 is 15.4 Å². The van der Waals surface area contributed by atoms with Crippen molar-refractivity contribution >= 4 is 39.8 Å². The van der Waals surface area contributed by atoms with Crippen molar-refractivity contribution in [3.63, 3.8) is 0 Å². The van der Waals surface area contributed by atoms with E-state index in [2.05, 4.69) is 75.4 Å². The van der Waals surface area contributed by atoms with Gasteiger partial charge >= 0.3 is 0 Å². The molecule has 1 aromatic rings. The molecule has 0 saturated carbocycles. The second kappa shape index (κ2) is 13.5. The molecular formula is C23H42IN3O3S. The molecular weight excluding hydrogens is 525 g/mol. The van der Waals surface area contributed by atoms with Crippen LogP contribution in [0.15, 0.2) is 23.2 Å². The minimum absolute atomic E-state index is 0. The molecule has 0 aliphatic heterocycles. The van der Waals surface area contributed by atoms with Gasteiger partial charge in [0.15, 0.2) is 5.96 Å². The van der Waals surface area contributed by atoms with Crippen molar-refractivity contribution in [1.82, 2.24) is 10.6 Å². The third-order valence-electron chi connectivity index (χ3n) is 4.91. The molecule has 0 amide bonds. The van der Waals surface area contributed by atoms with Crippen molar-refractivity contribution in [1.29, 1.82) is 0 Å². The van der Waals surface area contributed by atoms with Gasteiger partial charge in [-0.3, -0.25) is 4.99 Å². The first kappa shape index (κ1) is 30.0. The van der Waals surface area contributed by atoms with Gasteiger partial charge in [-0.1, -0.05) is 39.8 Å². The number of aliphatic imine (C=N–C) groups is 1. The third kappa shape index (κ3) is 13.2. The van der Waals surface area contributed by atoms with Gasteiger partial charge in [-0.25, -0.2) is 8.42 Å². The standard InChI is InChI=1S/C23H41N3O3S.HI/c1-17(2)13-19(4)29-21-14-18(3)9-10-20(21)15-25-22(24-7)26-16-23(5,6)11-12-30(8,27)28;/h9-10,14,17,19H,11-13,15-16H2,1-8H3,(H2,24,25,26);1H. The Kier molecular flexibility index (Phi) is 13.1. The fraction of sp³-hybridized carbons (Fsp3) is 0.696. The number of hydrogen-bond acceptors (Lipinski definition) is 4. The zero-order chi connectivity index (χ0) is 22.9. The number of hydrogen-bond donors (Lipinski definition) is 2. The Morgan fingerprint density at radius 1 is 1.19 bits per heavy atom. The van der Waals surface area contributed by atoms with Crippen LogP contribution in [0.2, 0.25) is 0 Å². The first-order chi connectivity index (χ1) is 13.8. The van der Waals surface area contributed by atoms with E-state index in [4.69, 9.17) is 4.74 Å². The number of sulfone groups is 1. The highest BCUT2D eigenvalue weighted by Gasteiger charge is 2.20. The van der Waals surface area contributed by atoms with Crippen molar-refractivity contribution in [3.05, 3.63) is 29.3 Å². The van der Waals surface area contributed by atoms with Crippen LogP contribution in [0.3, 0.4) is 0 Å². The zero-order valence-electron chi connectivity index (χ0n) is 20.4. The lowest BCUT2D eigenvalue weighted by molar-refractivity contribution is 0.191. The number of halogens is 1. The number of rotatable bonds is 11. The number of benzene rings is 1. The molecule has 8 heteroatoms. The van der Waals surface area contributed by atoms with E-state index in [1.54, 1.807) is 7.05 Å². The number of nitrogens with zero attached hydrogens (tertiary/aromatic N) is 1. The van der Waals surface area contributed by atoms with Gasteiger partial charge in [-0.05, 0) is 49.7 Å². The highest BCUT2D eigenvalue weighted by Crippen LogP contribution is 2.23. The Bertz CT molecular complexity index is 808. The van der Waals surface area contributed by atoms with E-state index >= 15 is 0 Å². The molecule has 31 heavy (non-hydrogen) atoms. The van der Waals surface area contributed by atoms with E-state index in [-0.39, 0.29) is 41.2 Å². The SMILES string of the molecule is CN=C(NCc1ccc(C)cc1OC(C)CC(C)C)NCC(C)(C)CCS(C)(=O)=O.I. The van der Waals surface area contributed by atoms with E-state index in [0.717, 1.165) is 17.7 Å². The number of aryl methyl sites for hydroxylation is 1. The fourth-order valence-electron chi connectivity index (χ4n) is 3.12. The molecule has 2 N–H and O–H groups in total. The minimum Gasteiger partial charge on any atom is -0.490 e. The third-order valence-corrected chi connectivity index (χ3v) is 5.85. The molecule has 1 atom stereocenters. The molecule has 0 radical (unpaired) electrons. The Morgan fingerprint density at radius 2 is 1.84 bits per heavy atom. The summed E-state index contributed by atoms with van der Waals surface area (Å²) in [5, 5.41) is 6.66. The fourth-order valence-corrected chi connectivity index (χ4v) is 4.04. The monoisotopic (exact) mass is 567 g/mol. The number of guanidine groups is 1. The van der Waals surface area contributed by atoms with Crippen molar-refractivity contribution in [2.45, 2.75) is 67.0 Å². The molecule has 180 valence electrons. The zero-order valence-corrected chi connectivity index (χ0v) is 23.6. The summed E-state index contributed by atoms with van der Waals surface area (Å²) in [7, 11) is -1.23. The molecule has 0 saturated heterocycles. The summed E-state index contributed by atoms with van der Waals surface area (Å²) in [5.41, 5.74) is 2.08. The quantitative estimate of drug-likeness (QED) is 0.233. The summed E-state index contributed by atoms with van der Waals surface area (Å²) in [6.45, 7) is 13.9. The summed E-state index contributed by atoms with van der Waals surface area (Å²) in [6.07, 6.45) is 3.03. The van der Waals surface area contributed by atoms with Gasteiger partial charge in [0.05, 0.1) is 11.9 Å². The van der Waals surface area contributed by atoms with Crippen molar-refractivity contribution in [2.75, 3.05) is 25.6 Å². The highest BCUT2D eigenvalue weighted by molar-refractivity contribution is 14.0. The predicted molar refractivity (Wildman–Crippen MR) is 142 cm³/mol. The van der Waals surface area contributed by atoms with Gasteiger partial charge in [0, 0.05) is 32.0 Å². The molecule has 0 spiro atoms. The Morgan fingerprint density at radius 3 is 2.39 bits per heavy atom. The first-order valence-corrected chi connectivity index (χ1v) is 12.8.